The van der Waals surface area contributed by atoms with Gasteiger partial charge >= 0.3 is 0 Å². The van der Waals surface area contributed by atoms with E-state index in [0.717, 1.165) is 12.2 Å². The third kappa shape index (κ3) is 3.88. The van der Waals surface area contributed by atoms with E-state index in [1.54, 1.807) is 11.3 Å². The number of thiophene rings is 1. The van der Waals surface area contributed by atoms with Crippen LogP contribution >= 0.6 is 11.3 Å². The van der Waals surface area contributed by atoms with Gasteiger partial charge in [0.2, 0.25) is 0 Å². The summed E-state index contributed by atoms with van der Waals surface area (Å²) in [6.07, 6.45) is 0.885. The molecule has 3 heteroatoms. The quantitative estimate of drug-likeness (QED) is 0.880. The molecule has 0 bridgehead atoms. The van der Waals surface area contributed by atoms with Crippen molar-refractivity contribution >= 4 is 11.3 Å². The summed E-state index contributed by atoms with van der Waals surface area (Å²) in [7, 11) is 0. The number of benzene rings is 1. The molecule has 17 heavy (non-hydrogen) atoms. The summed E-state index contributed by atoms with van der Waals surface area (Å²) in [6, 6.07) is 10.4. The third-order valence-electron chi connectivity index (χ3n) is 2.44. The fourth-order valence-electron chi connectivity index (χ4n) is 1.68. The Bertz CT molecular complexity index is 451. The molecule has 0 aliphatic heterocycles. The van der Waals surface area contributed by atoms with Crippen LogP contribution in [0.15, 0.2) is 41.1 Å². The third-order valence-corrected chi connectivity index (χ3v) is 3.17. The Balaban J connectivity index is 1.96. The number of hydrogen-bond acceptors (Lipinski definition) is 3. The van der Waals surface area contributed by atoms with Crippen molar-refractivity contribution in [2.24, 2.45) is 5.73 Å². The van der Waals surface area contributed by atoms with Crippen LogP contribution in [0.4, 0.5) is 0 Å². The number of rotatable bonds is 5. The zero-order chi connectivity index (χ0) is 12.1. The van der Waals surface area contributed by atoms with E-state index in [9.17, 15) is 0 Å². The molecule has 2 N–H and O–H groups in total. The minimum absolute atomic E-state index is 0.183. The molecule has 90 valence electrons. The minimum Gasteiger partial charge on any atom is -0.489 e. The van der Waals surface area contributed by atoms with Crippen molar-refractivity contribution in [1.29, 1.82) is 0 Å². The minimum atomic E-state index is 0.183. The van der Waals surface area contributed by atoms with E-state index in [2.05, 4.69) is 29.0 Å². The maximum atomic E-state index is 5.79. The highest BCUT2D eigenvalue weighted by molar-refractivity contribution is 7.07. The molecular weight excluding hydrogens is 230 g/mol. The van der Waals surface area contributed by atoms with Crippen LogP contribution < -0.4 is 10.5 Å². The van der Waals surface area contributed by atoms with Crippen LogP contribution in [-0.2, 0) is 13.0 Å². The lowest BCUT2D eigenvalue weighted by molar-refractivity contribution is 0.306. The molecule has 2 aromatic rings. The van der Waals surface area contributed by atoms with Crippen LogP contribution in [0.5, 0.6) is 5.75 Å². The van der Waals surface area contributed by atoms with Gasteiger partial charge in [-0.1, -0.05) is 12.1 Å². The van der Waals surface area contributed by atoms with Gasteiger partial charge in [-0.3, -0.25) is 0 Å². The summed E-state index contributed by atoms with van der Waals surface area (Å²) >= 11 is 1.69. The Morgan fingerprint density at radius 1 is 1.29 bits per heavy atom. The molecule has 0 amide bonds. The zero-order valence-corrected chi connectivity index (χ0v) is 10.7. The molecule has 0 saturated heterocycles. The Labute approximate surface area is 106 Å². The van der Waals surface area contributed by atoms with Crippen molar-refractivity contribution in [2.45, 2.75) is 26.0 Å². The predicted octanol–water partition coefficient (Wildman–Crippen LogP) is 3.22. The summed E-state index contributed by atoms with van der Waals surface area (Å²) in [5.41, 5.74) is 8.23. The molecule has 0 radical (unpaired) electrons. The molecule has 1 unspecified atom stereocenters. The Kier molecular flexibility index (Phi) is 4.18. The first-order valence-corrected chi connectivity index (χ1v) is 6.67. The van der Waals surface area contributed by atoms with Crippen molar-refractivity contribution in [3.8, 4) is 5.75 Å². The SMILES string of the molecule is CC(N)Cc1cccc(OCc2ccsc2)c1. The molecule has 1 aromatic heterocycles. The smallest absolute Gasteiger partial charge is 0.120 e. The summed E-state index contributed by atoms with van der Waals surface area (Å²) in [5.74, 6) is 0.911. The Morgan fingerprint density at radius 2 is 2.18 bits per heavy atom. The topological polar surface area (TPSA) is 35.2 Å². The molecular formula is C14H17NOS. The lowest BCUT2D eigenvalue weighted by Crippen LogP contribution is -2.17. The first kappa shape index (κ1) is 12.1. The molecule has 1 aromatic carbocycles. The van der Waals surface area contributed by atoms with E-state index < -0.39 is 0 Å². The molecule has 0 saturated carbocycles. The van der Waals surface area contributed by atoms with E-state index in [-0.39, 0.29) is 6.04 Å². The molecule has 1 atom stereocenters. The average Bonchev–Trinajstić information content (AvgIpc) is 2.79. The van der Waals surface area contributed by atoms with Crippen LogP contribution in [0.3, 0.4) is 0 Å². The van der Waals surface area contributed by atoms with E-state index in [4.69, 9.17) is 10.5 Å². The van der Waals surface area contributed by atoms with Crippen molar-refractivity contribution in [1.82, 2.24) is 0 Å². The van der Waals surface area contributed by atoms with Gasteiger partial charge < -0.3 is 10.5 Å². The Hall–Kier alpha value is -1.32. The van der Waals surface area contributed by atoms with Crippen LogP contribution in [0.2, 0.25) is 0 Å². The maximum absolute atomic E-state index is 5.79. The second kappa shape index (κ2) is 5.84. The van der Waals surface area contributed by atoms with Gasteiger partial charge in [-0.15, -0.1) is 0 Å². The van der Waals surface area contributed by atoms with Crippen molar-refractivity contribution in [3.05, 3.63) is 52.2 Å². The van der Waals surface area contributed by atoms with Crippen LogP contribution in [0, 0.1) is 0 Å². The van der Waals surface area contributed by atoms with Gasteiger partial charge in [-0.25, -0.2) is 0 Å². The van der Waals surface area contributed by atoms with Crippen molar-refractivity contribution in [3.63, 3.8) is 0 Å². The van der Waals surface area contributed by atoms with Gasteiger partial charge in [0, 0.05) is 6.04 Å². The molecule has 1 heterocycles. The second-order valence-electron chi connectivity index (χ2n) is 4.25. The van der Waals surface area contributed by atoms with Gasteiger partial charge in [-0.2, -0.15) is 11.3 Å². The maximum Gasteiger partial charge on any atom is 0.120 e. The second-order valence-corrected chi connectivity index (χ2v) is 5.03. The summed E-state index contributed by atoms with van der Waals surface area (Å²) < 4.78 is 5.74. The lowest BCUT2D eigenvalue weighted by Gasteiger charge is -2.08. The molecule has 0 fully saturated rings. The van der Waals surface area contributed by atoms with Crippen LogP contribution in [0.25, 0.3) is 0 Å². The highest BCUT2D eigenvalue weighted by Gasteiger charge is 2.01. The highest BCUT2D eigenvalue weighted by Crippen LogP contribution is 2.17. The molecule has 0 spiro atoms. The zero-order valence-electron chi connectivity index (χ0n) is 9.93. The first-order chi connectivity index (χ1) is 8.24. The fourth-order valence-corrected chi connectivity index (χ4v) is 2.33. The normalized spacial score (nSPS) is 12.4. The van der Waals surface area contributed by atoms with E-state index in [0.29, 0.717) is 6.61 Å². The summed E-state index contributed by atoms with van der Waals surface area (Å²) in [4.78, 5) is 0. The largest absolute Gasteiger partial charge is 0.489 e. The number of ether oxygens (including phenoxy) is 1. The van der Waals surface area contributed by atoms with Crippen molar-refractivity contribution in [2.75, 3.05) is 0 Å². The number of hydrogen-bond donors (Lipinski definition) is 1. The van der Waals surface area contributed by atoms with Gasteiger partial charge in [0.25, 0.3) is 0 Å². The lowest BCUT2D eigenvalue weighted by atomic mass is 10.1. The van der Waals surface area contributed by atoms with E-state index in [1.165, 1.54) is 11.1 Å². The van der Waals surface area contributed by atoms with Crippen LogP contribution in [0.1, 0.15) is 18.1 Å². The molecule has 0 aliphatic carbocycles. The predicted molar refractivity (Wildman–Crippen MR) is 72.4 cm³/mol. The van der Waals surface area contributed by atoms with Crippen LogP contribution in [-0.4, -0.2) is 6.04 Å². The van der Waals surface area contributed by atoms with Gasteiger partial charge in [0.05, 0.1) is 0 Å². The van der Waals surface area contributed by atoms with E-state index >= 15 is 0 Å². The Morgan fingerprint density at radius 3 is 2.88 bits per heavy atom. The fraction of sp³-hybridized carbons (Fsp3) is 0.286. The molecule has 2 rings (SSSR count). The monoisotopic (exact) mass is 247 g/mol. The average molecular weight is 247 g/mol. The molecule has 0 aliphatic rings. The number of nitrogens with two attached hydrogens (primary N) is 1. The van der Waals surface area contributed by atoms with Gasteiger partial charge in [-0.05, 0) is 53.4 Å². The van der Waals surface area contributed by atoms with Crippen molar-refractivity contribution < 1.29 is 4.74 Å². The van der Waals surface area contributed by atoms with Gasteiger partial charge in [0.1, 0.15) is 12.4 Å². The van der Waals surface area contributed by atoms with Gasteiger partial charge in [0.15, 0.2) is 0 Å². The summed E-state index contributed by atoms with van der Waals surface area (Å²) in [5, 5.41) is 4.16. The standard InChI is InChI=1S/C14H17NOS/c1-11(15)7-12-3-2-4-14(8-12)16-9-13-5-6-17-10-13/h2-6,8,10-11H,7,9,15H2,1H3. The van der Waals surface area contributed by atoms with E-state index in [1.807, 2.05) is 19.1 Å². The summed E-state index contributed by atoms with van der Waals surface area (Å²) in [6.45, 7) is 2.64. The highest BCUT2D eigenvalue weighted by atomic mass is 32.1. The molecule has 2 nitrogen and oxygen atoms in total. The first-order valence-electron chi connectivity index (χ1n) is 5.72.